The van der Waals surface area contributed by atoms with Crippen LogP contribution in [0.25, 0.3) is 11.3 Å². The van der Waals surface area contributed by atoms with Gasteiger partial charge in [-0.25, -0.2) is 9.78 Å². The van der Waals surface area contributed by atoms with Crippen molar-refractivity contribution in [3.63, 3.8) is 0 Å². The lowest BCUT2D eigenvalue weighted by molar-refractivity contribution is 0.0519. The van der Waals surface area contributed by atoms with Gasteiger partial charge in [-0.1, -0.05) is 0 Å². The second-order valence-corrected chi connectivity index (χ2v) is 7.26. The fourth-order valence-electron chi connectivity index (χ4n) is 3.18. The Hall–Kier alpha value is -3.33. The molecule has 1 amide bonds. The number of amides is 1. The number of aromatic nitrogens is 2. The Morgan fingerprint density at radius 1 is 1.28 bits per heavy atom. The zero-order valence-electron chi connectivity index (χ0n) is 16.1. The summed E-state index contributed by atoms with van der Waals surface area (Å²) >= 11 is 1.32. The number of benzene rings is 1. The number of aromatic amines is 1. The third-order valence-electron chi connectivity index (χ3n) is 4.54. The molecule has 150 valence electrons. The Balaban J connectivity index is 1.54. The number of aryl methyl sites for hydroxylation is 1. The number of hydrogen-bond donors (Lipinski definition) is 2. The number of nitrogens with one attached hydrogen (secondary N) is 2. The van der Waals surface area contributed by atoms with Crippen LogP contribution in [0.4, 0.5) is 5.13 Å². The third kappa shape index (κ3) is 3.56. The third-order valence-corrected chi connectivity index (χ3v) is 5.29. The molecule has 0 fully saturated rings. The molecule has 1 aliphatic rings. The molecule has 0 radical (unpaired) electrons. The summed E-state index contributed by atoms with van der Waals surface area (Å²) < 4.78 is 15.7. The first kappa shape index (κ1) is 19.0. The minimum Gasteiger partial charge on any atom is -0.461 e. The van der Waals surface area contributed by atoms with Gasteiger partial charge >= 0.3 is 5.97 Å². The minimum absolute atomic E-state index is 0.209. The molecular weight excluding hydrogens is 394 g/mol. The van der Waals surface area contributed by atoms with Gasteiger partial charge in [-0.15, -0.1) is 11.3 Å². The number of esters is 1. The first-order valence-electron chi connectivity index (χ1n) is 9.01. The number of hydrogen-bond acceptors (Lipinski definition) is 7. The summed E-state index contributed by atoms with van der Waals surface area (Å²) in [5.41, 5.74) is 3.42. The topological polar surface area (TPSA) is 103 Å². The predicted molar refractivity (Wildman–Crippen MR) is 108 cm³/mol. The Morgan fingerprint density at radius 2 is 2.07 bits per heavy atom. The van der Waals surface area contributed by atoms with Crippen LogP contribution in [0.3, 0.4) is 0 Å². The van der Waals surface area contributed by atoms with E-state index in [-0.39, 0.29) is 25.0 Å². The summed E-state index contributed by atoms with van der Waals surface area (Å²) in [5, 5.41) is 5.12. The number of carbonyl (C=O) groups excluding carboxylic acids is 2. The maximum absolute atomic E-state index is 12.8. The van der Waals surface area contributed by atoms with E-state index >= 15 is 0 Å². The molecule has 29 heavy (non-hydrogen) atoms. The van der Waals surface area contributed by atoms with Crippen molar-refractivity contribution < 1.29 is 23.8 Å². The van der Waals surface area contributed by atoms with Crippen LogP contribution in [0.15, 0.2) is 23.6 Å². The van der Waals surface area contributed by atoms with E-state index in [4.69, 9.17) is 14.2 Å². The van der Waals surface area contributed by atoms with E-state index in [2.05, 4.69) is 15.3 Å². The van der Waals surface area contributed by atoms with Gasteiger partial charge in [-0.3, -0.25) is 10.1 Å². The average molecular weight is 413 g/mol. The van der Waals surface area contributed by atoms with Crippen LogP contribution >= 0.6 is 11.3 Å². The fourth-order valence-corrected chi connectivity index (χ4v) is 3.89. The van der Waals surface area contributed by atoms with E-state index in [0.717, 1.165) is 11.3 Å². The zero-order valence-corrected chi connectivity index (χ0v) is 16.9. The van der Waals surface area contributed by atoms with E-state index in [0.29, 0.717) is 33.5 Å². The lowest BCUT2D eigenvalue weighted by Gasteiger charge is -2.04. The number of anilines is 1. The highest BCUT2D eigenvalue weighted by atomic mass is 32.1. The quantitative estimate of drug-likeness (QED) is 0.615. The number of ether oxygens (including phenoxy) is 3. The number of rotatable bonds is 5. The molecule has 2 aromatic heterocycles. The monoisotopic (exact) mass is 413 g/mol. The van der Waals surface area contributed by atoms with Crippen LogP contribution in [0, 0.1) is 13.8 Å². The number of thiazole rings is 1. The summed E-state index contributed by atoms with van der Waals surface area (Å²) in [6.07, 6.45) is 0. The van der Waals surface area contributed by atoms with Gasteiger partial charge in [0.2, 0.25) is 6.79 Å². The van der Waals surface area contributed by atoms with Gasteiger partial charge in [0.05, 0.1) is 17.9 Å². The molecule has 0 aliphatic carbocycles. The molecule has 8 nitrogen and oxygen atoms in total. The molecule has 0 saturated heterocycles. The standard InChI is InChI=1S/C20H19N3O5S/c1-4-26-19(25)17-10(2)16(11(3)21-17)18(24)23-20-22-13(8-29-20)12-5-6-14-15(7-12)28-9-27-14/h5-8,21H,4,9H2,1-3H3,(H,22,23,24). The molecular formula is C20H19N3O5S. The van der Waals surface area contributed by atoms with Crippen molar-refractivity contribution in [2.75, 3.05) is 18.7 Å². The predicted octanol–water partition coefficient (Wildman–Crippen LogP) is 3.91. The first-order chi connectivity index (χ1) is 14.0. The van der Waals surface area contributed by atoms with Gasteiger partial charge < -0.3 is 19.2 Å². The molecule has 4 rings (SSSR count). The Bertz CT molecular complexity index is 1100. The van der Waals surface area contributed by atoms with Gasteiger partial charge in [0.25, 0.3) is 5.91 Å². The SMILES string of the molecule is CCOC(=O)c1[nH]c(C)c(C(=O)Nc2nc(-c3ccc4c(c3)OCO4)cs2)c1C. The Morgan fingerprint density at radius 3 is 2.86 bits per heavy atom. The van der Waals surface area contributed by atoms with E-state index in [9.17, 15) is 9.59 Å². The normalized spacial score (nSPS) is 12.1. The maximum atomic E-state index is 12.8. The number of H-pyrrole nitrogens is 1. The van der Waals surface area contributed by atoms with Crippen molar-refractivity contribution in [2.45, 2.75) is 20.8 Å². The van der Waals surface area contributed by atoms with Crippen LogP contribution in [0.5, 0.6) is 11.5 Å². The lowest BCUT2D eigenvalue weighted by Crippen LogP contribution is -2.14. The van der Waals surface area contributed by atoms with Crippen LogP contribution < -0.4 is 14.8 Å². The van der Waals surface area contributed by atoms with Crippen molar-refractivity contribution in [2.24, 2.45) is 0 Å². The average Bonchev–Trinajstić information content (AvgIpc) is 3.40. The molecule has 1 aromatic carbocycles. The number of fused-ring (bicyclic) bond motifs is 1. The van der Waals surface area contributed by atoms with Gasteiger partial charge in [0, 0.05) is 16.6 Å². The van der Waals surface area contributed by atoms with Crippen molar-refractivity contribution in [1.29, 1.82) is 0 Å². The van der Waals surface area contributed by atoms with Crippen LogP contribution in [-0.4, -0.2) is 35.2 Å². The van der Waals surface area contributed by atoms with Crippen molar-refractivity contribution in [1.82, 2.24) is 9.97 Å². The molecule has 0 saturated carbocycles. The number of nitrogens with zero attached hydrogens (tertiary/aromatic N) is 1. The molecule has 3 aromatic rings. The minimum atomic E-state index is -0.480. The van der Waals surface area contributed by atoms with Crippen LogP contribution in [0.2, 0.25) is 0 Å². The van der Waals surface area contributed by atoms with Gasteiger partial charge in [-0.2, -0.15) is 0 Å². The molecule has 0 atom stereocenters. The summed E-state index contributed by atoms with van der Waals surface area (Å²) in [4.78, 5) is 32.3. The van der Waals surface area contributed by atoms with Crippen LogP contribution in [-0.2, 0) is 4.74 Å². The fraction of sp³-hybridized carbons (Fsp3) is 0.250. The lowest BCUT2D eigenvalue weighted by atomic mass is 10.1. The van der Waals surface area contributed by atoms with Crippen molar-refractivity contribution in [3.05, 3.63) is 46.1 Å². The molecule has 0 bridgehead atoms. The Kier molecular flexibility index (Phi) is 4.98. The maximum Gasteiger partial charge on any atom is 0.355 e. The number of carbonyl (C=O) groups is 2. The van der Waals surface area contributed by atoms with E-state index < -0.39 is 5.97 Å². The summed E-state index contributed by atoms with van der Waals surface area (Å²) in [7, 11) is 0. The molecule has 0 spiro atoms. The van der Waals surface area contributed by atoms with E-state index in [1.807, 2.05) is 23.6 Å². The van der Waals surface area contributed by atoms with E-state index in [1.54, 1.807) is 20.8 Å². The largest absolute Gasteiger partial charge is 0.461 e. The molecule has 0 unspecified atom stereocenters. The zero-order chi connectivity index (χ0) is 20.5. The summed E-state index contributed by atoms with van der Waals surface area (Å²) in [6, 6.07) is 5.58. The Labute approximate surface area is 170 Å². The van der Waals surface area contributed by atoms with Crippen molar-refractivity contribution >= 4 is 28.3 Å². The highest BCUT2D eigenvalue weighted by Gasteiger charge is 2.23. The summed E-state index contributed by atoms with van der Waals surface area (Å²) in [5.74, 6) is 0.560. The highest BCUT2D eigenvalue weighted by Crippen LogP contribution is 2.36. The molecule has 9 heteroatoms. The highest BCUT2D eigenvalue weighted by molar-refractivity contribution is 7.14. The second kappa shape index (κ2) is 7.59. The molecule has 1 aliphatic heterocycles. The van der Waals surface area contributed by atoms with Crippen molar-refractivity contribution in [3.8, 4) is 22.8 Å². The van der Waals surface area contributed by atoms with Crippen LogP contribution in [0.1, 0.15) is 39.0 Å². The smallest absolute Gasteiger partial charge is 0.355 e. The van der Waals surface area contributed by atoms with Gasteiger partial charge in [0.1, 0.15) is 5.69 Å². The molecule has 2 N–H and O–H groups in total. The molecule has 3 heterocycles. The first-order valence-corrected chi connectivity index (χ1v) is 9.89. The summed E-state index contributed by atoms with van der Waals surface area (Å²) in [6.45, 7) is 5.66. The van der Waals surface area contributed by atoms with E-state index in [1.165, 1.54) is 11.3 Å². The van der Waals surface area contributed by atoms with Gasteiger partial charge in [0.15, 0.2) is 16.6 Å². The second-order valence-electron chi connectivity index (χ2n) is 6.41. The van der Waals surface area contributed by atoms with Gasteiger partial charge in [-0.05, 0) is 44.5 Å².